The Morgan fingerprint density at radius 3 is 2.04 bits per heavy atom. The van der Waals surface area contributed by atoms with Crippen LogP contribution in [0, 0.1) is 5.92 Å². The van der Waals surface area contributed by atoms with Crippen LogP contribution in [0.4, 0.5) is 0 Å². The van der Waals surface area contributed by atoms with Gasteiger partial charge < -0.3 is 5.32 Å². The average Bonchev–Trinajstić information content (AvgIpc) is 2.65. The molecule has 1 nitrogen and oxygen atoms in total. The Bertz CT molecular complexity index is 641. The molecule has 1 aromatic carbocycles. The van der Waals surface area contributed by atoms with Crippen LogP contribution in [0.1, 0.15) is 70.6 Å². The summed E-state index contributed by atoms with van der Waals surface area (Å²) in [5, 5.41) is 3.24. The van der Waals surface area contributed by atoms with E-state index in [4.69, 9.17) is 0 Å². The van der Waals surface area contributed by atoms with Gasteiger partial charge in [-0.15, -0.1) is 0 Å². The van der Waals surface area contributed by atoms with Crippen LogP contribution < -0.4 is 5.32 Å². The van der Waals surface area contributed by atoms with E-state index in [9.17, 15) is 0 Å². The van der Waals surface area contributed by atoms with E-state index < -0.39 is 0 Å². The number of aryl methyl sites for hydroxylation is 3. The number of benzene rings is 1. The molecule has 0 fully saturated rings. The van der Waals surface area contributed by atoms with Gasteiger partial charge in [0.2, 0.25) is 0 Å². The molecule has 1 atom stereocenters. The van der Waals surface area contributed by atoms with Gasteiger partial charge >= 0.3 is 0 Å². The lowest BCUT2D eigenvalue weighted by molar-refractivity contribution is 0.560. The van der Waals surface area contributed by atoms with Crippen molar-refractivity contribution in [3.8, 4) is 0 Å². The molecule has 0 aliphatic carbocycles. The Hall–Kier alpha value is -1.60. The second-order valence-electron chi connectivity index (χ2n) is 7.95. The summed E-state index contributed by atoms with van der Waals surface area (Å²) < 4.78 is 0. The lowest BCUT2D eigenvalue weighted by atomic mass is 9.85. The summed E-state index contributed by atoms with van der Waals surface area (Å²) in [4.78, 5) is 0. The first-order valence-corrected chi connectivity index (χ1v) is 10.6. The molecule has 0 aliphatic rings. The fraction of sp³-hybridized carbons (Fsp3) is 0.538. The molecule has 0 amide bonds. The van der Waals surface area contributed by atoms with Crippen LogP contribution in [0.15, 0.2) is 53.6 Å². The molecule has 0 saturated heterocycles. The third-order valence-corrected chi connectivity index (χ3v) is 5.62. The number of allylic oxidation sites excluding steroid dienone is 4. The molecule has 0 bridgehead atoms. The van der Waals surface area contributed by atoms with Crippen molar-refractivity contribution in [2.45, 2.75) is 73.1 Å². The first-order chi connectivity index (χ1) is 12.8. The molecule has 27 heavy (non-hydrogen) atoms. The summed E-state index contributed by atoms with van der Waals surface area (Å²) in [6, 6.07) is 7.07. The fourth-order valence-electron chi connectivity index (χ4n) is 3.78. The standard InChI is InChI=1S/C26H41N/c1-9-23-16-24(10-2)18-25(17-23)14-13-21(6)26(19(3)4)22(7)20(5)12-11-15-27-8/h16-18,20,27H,3,6,9-15H2,1-2,4-5,7-8H3/b26-22-. The maximum atomic E-state index is 4.45. The van der Waals surface area contributed by atoms with Gasteiger partial charge in [0, 0.05) is 0 Å². The van der Waals surface area contributed by atoms with Crippen LogP contribution in [0.25, 0.3) is 0 Å². The number of rotatable bonds is 12. The van der Waals surface area contributed by atoms with Gasteiger partial charge in [-0.05, 0) is 99.7 Å². The maximum absolute atomic E-state index is 4.45. The van der Waals surface area contributed by atoms with E-state index in [2.05, 4.69) is 71.3 Å². The molecule has 1 heteroatoms. The molecule has 1 aromatic rings. The van der Waals surface area contributed by atoms with E-state index in [0.717, 1.165) is 37.8 Å². The number of hydrogen-bond acceptors (Lipinski definition) is 1. The van der Waals surface area contributed by atoms with Crippen LogP contribution >= 0.6 is 0 Å². The lowest BCUT2D eigenvalue weighted by Crippen LogP contribution is -2.10. The van der Waals surface area contributed by atoms with Crippen LogP contribution in [0.2, 0.25) is 0 Å². The van der Waals surface area contributed by atoms with Gasteiger partial charge in [-0.2, -0.15) is 0 Å². The predicted molar refractivity (Wildman–Crippen MR) is 122 cm³/mol. The second kappa shape index (κ2) is 12.0. The first-order valence-electron chi connectivity index (χ1n) is 10.6. The van der Waals surface area contributed by atoms with Crippen LogP contribution in [-0.4, -0.2) is 13.6 Å². The van der Waals surface area contributed by atoms with Crippen molar-refractivity contribution in [2.75, 3.05) is 13.6 Å². The molecule has 0 saturated carbocycles. The van der Waals surface area contributed by atoms with Crippen molar-refractivity contribution in [2.24, 2.45) is 5.92 Å². The molecular formula is C26H41N. The second-order valence-corrected chi connectivity index (χ2v) is 7.95. The van der Waals surface area contributed by atoms with Crippen molar-refractivity contribution < 1.29 is 0 Å². The molecule has 0 aliphatic heterocycles. The molecule has 0 radical (unpaired) electrons. The highest BCUT2D eigenvalue weighted by Gasteiger charge is 2.14. The van der Waals surface area contributed by atoms with E-state index in [0.29, 0.717) is 5.92 Å². The normalized spacial score (nSPS) is 13.3. The number of hydrogen-bond donors (Lipinski definition) is 1. The van der Waals surface area contributed by atoms with Gasteiger partial charge in [-0.25, -0.2) is 0 Å². The topological polar surface area (TPSA) is 12.0 Å². The first kappa shape index (κ1) is 23.4. The zero-order chi connectivity index (χ0) is 20.4. The van der Waals surface area contributed by atoms with Crippen molar-refractivity contribution in [1.29, 1.82) is 0 Å². The fourth-order valence-corrected chi connectivity index (χ4v) is 3.78. The molecule has 0 aromatic heterocycles. The molecule has 1 unspecified atom stereocenters. The molecule has 150 valence electrons. The number of nitrogens with one attached hydrogen (secondary N) is 1. The van der Waals surface area contributed by atoms with Gasteiger partial charge in [0.25, 0.3) is 0 Å². The average molecular weight is 368 g/mol. The van der Waals surface area contributed by atoms with Gasteiger partial charge in [-0.3, -0.25) is 0 Å². The third-order valence-electron chi connectivity index (χ3n) is 5.62. The SMILES string of the molecule is C=C(C)/C(C(=C)CCc1cc(CC)cc(CC)c1)=C(\C)C(C)CCCNC. The van der Waals surface area contributed by atoms with Crippen LogP contribution in [0.3, 0.4) is 0 Å². The van der Waals surface area contributed by atoms with Crippen molar-refractivity contribution in [3.63, 3.8) is 0 Å². The largest absolute Gasteiger partial charge is 0.320 e. The molecular weight excluding hydrogens is 326 g/mol. The zero-order valence-corrected chi connectivity index (χ0v) is 18.7. The van der Waals surface area contributed by atoms with E-state index in [1.165, 1.54) is 46.3 Å². The Morgan fingerprint density at radius 2 is 1.56 bits per heavy atom. The lowest BCUT2D eigenvalue weighted by Gasteiger charge is -2.20. The predicted octanol–water partition coefficient (Wildman–Crippen LogP) is 6.83. The summed E-state index contributed by atoms with van der Waals surface area (Å²) in [5.74, 6) is 0.567. The monoisotopic (exact) mass is 367 g/mol. The Morgan fingerprint density at radius 1 is 1.00 bits per heavy atom. The summed E-state index contributed by atoms with van der Waals surface area (Å²) in [6.07, 6.45) is 6.66. The van der Waals surface area contributed by atoms with Gasteiger partial charge in [0.05, 0.1) is 0 Å². The van der Waals surface area contributed by atoms with Crippen molar-refractivity contribution in [3.05, 3.63) is 70.3 Å². The van der Waals surface area contributed by atoms with Crippen LogP contribution in [-0.2, 0) is 19.3 Å². The quantitative estimate of drug-likeness (QED) is 0.315. The smallest absolute Gasteiger partial charge is 0.00517 e. The highest BCUT2D eigenvalue weighted by atomic mass is 14.8. The van der Waals surface area contributed by atoms with E-state index >= 15 is 0 Å². The highest BCUT2D eigenvalue weighted by Crippen LogP contribution is 2.30. The van der Waals surface area contributed by atoms with Crippen molar-refractivity contribution in [1.82, 2.24) is 5.32 Å². The summed E-state index contributed by atoms with van der Waals surface area (Å²) in [7, 11) is 2.02. The Balaban J connectivity index is 2.90. The molecule has 0 spiro atoms. The van der Waals surface area contributed by atoms with Crippen LogP contribution in [0.5, 0.6) is 0 Å². The van der Waals surface area contributed by atoms with E-state index in [1.54, 1.807) is 0 Å². The minimum absolute atomic E-state index is 0.567. The molecule has 1 rings (SSSR count). The summed E-state index contributed by atoms with van der Waals surface area (Å²) in [6.45, 7) is 21.0. The minimum Gasteiger partial charge on any atom is -0.320 e. The highest BCUT2D eigenvalue weighted by molar-refractivity contribution is 5.47. The van der Waals surface area contributed by atoms with Crippen molar-refractivity contribution >= 4 is 0 Å². The zero-order valence-electron chi connectivity index (χ0n) is 18.7. The van der Waals surface area contributed by atoms with Gasteiger partial charge in [-0.1, -0.05) is 63.3 Å². The Kier molecular flexibility index (Phi) is 10.4. The van der Waals surface area contributed by atoms with Gasteiger partial charge in [0.1, 0.15) is 0 Å². The third kappa shape index (κ3) is 7.50. The summed E-state index contributed by atoms with van der Waals surface area (Å²) in [5.41, 5.74) is 9.47. The molecule has 0 heterocycles. The van der Waals surface area contributed by atoms with E-state index in [1.807, 2.05) is 7.05 Å². The van der Waals surface area contributed by atoms with Gasteiger partial charge in [0.15, 0.2) is 0 Å². The minimum atomic E-state index is 0.567. The van der Waals surface area contributed by atoms with E-state index in [-0.39, 0.29) is 0 Å². The summed E-state index contributed by atoms with van der Waals surface area (Å²) >= 11 is 0. The maximum Gasteiger partial charge on any atom is -0.00517 e. The molecule has 1 N–H and O–H groups in total. The Labute approximate surface area is 168 Å².